The first-order valence-electron chi connectivity index (χ1n) is 6.83. The Hall–Kier alpha value is -2.80. The maximum Gasteiger partial charge on any atom is 0.280 e. The molecule has 0 aromatic heterocycles. The number of nitrogens with one attached hydrogen (secondary N) is 1. The molecule has 2 aromatic rings. The van der Waals surface area contributed by atoms with Gasteiger partial charge in [0.1, 0.15) is 11.6 Å². The molecule has 0 aliphatic carbocycles. The van der Waals surface area contributed by atoms with E-state index in [9.17, 15) is 19.4 Å². The van der Waals surface area contributed by atoms with E-state index in [0.717, 1.165) is 0 Å². The second-order valence-electron chi connectivity index (χ2n) is 4.82. The number of carbonyl (C=O) groups excluding carboxylic acids is 1. The molecule has 3 N–H and O–H groups in total. The van der Waals surface area contributed by atoms with Gasteiger partial charge in [-0.25, -0.2) is 9.82 Å². The zero-order valence-corrected chi connectivity index (χ0v) is 13.3. The summed E-state index contributed by atoms with van der Waals surface area (Å²) in [6, 6.07) is 7.85. The second kappa shape index (κ2) is 7.65. The van der Waals surface area contributed by atoms with E-state index >= 15 is 0 Å². The molecule has 0 heterocycles. The maximum absolute atomic E-state index is 12.8. The van der Waals surface area contributed by atoms with E-state index in [1.54, 1.807) is 0 Å². The van der Waals surface area contributed by atoms with Gasteiger partial charge in [-0.1, -0.05) is 11.6 Å². The van der Waals surface area contributed by atoms with Crippen molar-refractivity contribution in [2.45, 2.75) is 13.0 Å². The predicted octanol–water partition coefficient (Wildman–Crippen LogP) is 2.81. The lowest BCUT2D eigenvalue weighted by Gasteiger charge is -2.12. The van der Waals surface area contributed by atoms with Crippen molar-refractivity contribution in [3.8, 4) is 17.2 Å². The summed E-state index contributed by atoms with van der Waals surface area (Å²) in [5, 5.41) is 22.4. The second-order valence-corrected chi connectivity index (χ2v) is 5.23. The summed E-state index contributed by atoms with van der Waals surface area (Å²) in [7, 11) is 0. The number of phenolic OH excluding ortho intramolecular Hbond substituents is 2. The van der Waals surface area contributed by atoms with Gasteiger partial charge in [-0.3, -0.25) is 4.79 Å². The number of hydrazone groups is 1. The van der Waals surface area contributed by atoms with E-state index in [0.29, 0.717) is 11.3 Å². The zero-order chi connectivity index (χ0) is 17.7. The molecule has 2 aromatic carbocycles. The van der Waals surface area contributed by atoms with Crippen molar-refractivity contribution in [2.24, 2.45) is 5.10 Å². The van der Waals surface area contributed by atoms with Crippen LogP contribution in [0, 0.1) is 5.82 Å². The fourth-order valence-electron chi connectivity index (χ4n) is 1.71. The number of halogens is 2. The number of hydrogen-bond donors (Lipinski definition) is 3. The van der Waals surface area contributed by atoms with Crippen LogP contribution in [0.1, 0.15) is 12.5 Å². The molecule has 0 aliphatic rings. The Kier molecular flexibility index (Phi) is 5.59. The number of aromatic hydroxyl groups is 2. The molecular weight excluding hydrogens is 339 g/mol. The topological polar surface area (TPSA) is 91.2 Å². The molecule has 1 amide bonds. The van der Waals surface area contributed by atoms with Crippen molar-refractivity contribution in [1.82, 2.24) is 5.43 Å². The number of ether oxygens (including phenoxy) is 1. The molecule has 0 unspecified atom stereocenters. The molecule has 1 atom stereocenters. The van der Waals surface area contributed by atoms with Gasteiger partial charge in [0.15, 0.2) is 17.6 Å². The zero-order valence-electron chi connectivity index (χ0n) is 12.5. The third-order valence-corrected chi connectivity index (χ3v) is 3.24. The lowest BCUT2D eigenvalue weighted by Crippen LogP contribution is -2.33. The molecule has 0 saturated carbocycles. The van der Waals surface area contributed by atoms with Gasteiger partial charge in [0, 0.05) is 0 Å². The Labute approximate surface area is 142 Å². The van der Waals surface area contributed by atoms with E-state index < -0.39 is 29.3 Å². The molecule has 0 spiro atoms. The van der Waals surface area contributed by atoms with Crippen LogP contribution >= 0.6 is 11.6 Å². The van der Waals surface area contributed by atoms with Crippen LogP contribution in [0.2, 0.25) is 5.02 Å². The van der Waals surface area contributed by atoms with Crippen LogP contribution in [-0.2, 0) is 4.79 Å². The summed E-state index contributed by atoms with van der Waals surface area (Å²) in [5.41, 5.74) is 2.64. The van der Waals surface area contributed by atoms with Crippen LogP contribution in [0.25, 0.3) is 0 Å². The van der Waals surface area contributed by atoms with E-state index in [-0.39, 0.29) is 5.02 Å². The summed E-state index contributed by atoms with van der Waals surface area (Å²) < 4.78 is 18.1. The molecule has 6 nitrogen and oxygen atoms in total. The number of amides is 1. The number of carbonyl (C=O) groups is 1. The van der Waals surface area contributed by atoms with Crippen LogP contribution in [-0.4, -0.2) is 28.4 Å². The smallest absolute Gasteiger partial charge is 0.280 e. The largest absolute Gasteiger partial charge is 0.504 e. The summed E-state index contributed by atoms with van der Waals surface area (Å²) in [6.45, 7) is 1.51. The number of nitrogens with zero attached hydrogens (tertiary/aromatic N) is 1. The Morgan fingerprint density at radius 1 is 1.33 bits per heavy atom. The number of benzene rings is 2. The average molecular weight is 353 g/mol. The van der Waals surface area contributed by atoms with Crippen molar-refractivity contribution in [2.75, 3.05) is 0 Å². The first-order valence-corrected chi connectivity index (χ1v) is 7.21. The van der Waals surface area contributed by atoms with E-state index in [1.165, 1.54) is 49.5 Å². The normalized spacial score (nSPS) is 12.1. The molecule has 8 heteroatoms. The summed E-state index contributed by atoms with van der Waals surface area (Å²) in [5.74, 6) is -1.41. The molecule has 0 aliphatic heterocycles. The molecule has 2 rings (SSSR count). The summed E-state index contributed by atoms with van der Waals surface area (Å²) in [4.78, 5) is 11.9. The molecule has 24 heavy (non-hydrogen) atoms. The molecule has 0 fully saturated rings. The number of hydrogen-bond acceptors (Lipinski definition) is 5. The lowest BCUT2D eigenvalue weighted by molar-refractivity contribution is -0.127. The van der Waals surface area contributed by atoms with Crippen molar-refractivity contribution in [1.29, 1.82) is 0 Å². The van der Waals surface area contributed by atoms with Gasteiger partial charge in [-0.05, 0) is 48.9 Å². The minimum Gasteiger partial charge on any atom is -0.504 e. The van der Waals surface area contributed by atoms with Crippen molar-refractivity contribution >= 4 is 23.7 Å². The van der Waals surface area contributed by atoms with Gasteiger partial charge in [-0.2, -0.15) is 5.10 Å². The van der Waals surface area contributed by atoms with Crippen LogP contribution in [0.4, 0.5) is 4.39 Å². The van der Waals surface area contributed by atoms with Crippen molar-refractivity contribution in [3.05, 3.63) is 52.8 Å². The molecule has 0 saturated heterocycles. The number of phenols is 2. The Morgan fingerprint density at radius 2 is 2.00 bits per heavy atom. The standard InChI is InChI=1S/C16H14ClFN2O4/c1-9(24-12-4-2-11(18)3-5-12)16(23)20-19-8-10-6-13(17)15(22)14(21)7-10/h2-9,21-22H,1H3,(H,20,23)/b19-8+/t9-/m1/s1. The van der Waals surface area contributed by atoms with Crippen LogP contribution in [0.5, 0.6) is 17.2 Å². The molecule has 0 bridgehead atoms. The number of rotatable bonds is 5. The minimum atomic E-state index is -0.857. The third kappa shape index (κ3) is 4.60. The maximum atomic E-state index is 12.8. The van der Waals surface area contributed by atoms with Gasteiger partial charge >= 0.3 is 0 Å². The Morgan fingerprint density at radius 3 is 2.62 bits per heavy atom. The van der Waals surface area contributed by atoms with Crippen molar-refractivity contribution in [3.63, 3.8) is 0 Å². The van der Waals surface area contributed by atoms with Crippen LogP contribution < -0.4 is 10.2 Å². The third-order valence-electron chi connectivity index (χ3n) is 2.95. The summed E-state index contributed by atoms with van der Waals surface area (Å²) >= 11 is 5.71. The van der Waals surface area contributed by atoms with Crippen LogP contribution in [0.3, 0.4) is 0 Å². The Balaban J connectivity index is 1.93. The first-order chi connectivity index (χ1) is 11.4. The van der Waals surface area contributed by atoms with Gasteiger partial charge in [0.25, 0.3) is 5.91 Å². The van der Waals surface area contributed by atoms with E-state index in [1.807, 2.05) is 0 Å². The highest BCUT2D eigenvalue weighted by Crippen LogP contribution is 2.33. The van der Waals surface area contributed by atoms with E-state index in [4.69, 9.17) is 16.3 Å². The van der Waals surface area contributed by atoms with Crippen LogP contribution in [0.15, 0.2) is 41.5 Å². The molecular formula is C16H14ClFN2O4. The SMILES string of the molecule is C[C@@H](Oc1ccc(F)cc1)C(=O)N/N=C/c1cc(O)c(O)c(Cl)c1. The highest BCUT2D eigenvalue weighted by molar-refractivity contribution is 6.32. The first kappa shape index (κ1) is 17.6. The van der Waals surface area contributed by atoms with Gasteiger partial charge < -0.3 is 14.9 Å². The quantitative estimate of drug-likeness (QED) is 0.438. The van der Waals surface area contributed by atoms with Crippen molar-refractivity contribution < 1.29 is 24.1 Å². The minimum absolute atomic E-state index is 0.0456. The fourth-order valence-corrected chi connectivity index (χ4v) is 1.93. The monoisotopic (exact) mass is 352 g/mol. The van der Waals surface area contributed by atoms with Gasteiger partial charge in [0.05, 0.1) is 11.2 Å². The summed E-state index contributed by atoms with van der Waals surface area (Å²) in [6.07, 6.45) is 0.387. The highest BCUT2D eigenvalue weighted by Gasteiger charge is 2.14. The fraction of sp³-hybridized carbons (Fsp3) is 0.125. The van der Waals surface area contributed by atoms with E-state index in [2.05, 4.69) is 10.5 Å². The van der Waals surface area contributed by atoms with Gasteiger partial charge in [-0.15, -0.1) is 0 Å². The average Bonchev–Trinajstić information content (AvgIpc) is 2.54. The molecule has 126 valence electrons. The molecule has 0 radical (unpaired) electrons. The van der Waals surface area contributed by atoms with Gasteiger partial charge in [0.2, 0.25) is 0 Å². The Bertz CT molecular complexity index is 742. The highest BCUT2D eigenvalue weighted by atomic mass is 35.5. The lowest BCUT2D eigenvalue weighted by atomic mass is 10.2. The predicted molar refractivity (Wildman–Crippen MR) is 87.0 cm³/mol.